The SMILES string of the molecule is CCn1cc(NS(=O)(=O)c2cc([N+](=O)[O-])c(N)s2)cn1. The molecule has 0 saturated carbocycles. The van der Waals surface area contributed by atoms with E-state index in [9.17, 15) is 18.5 Å². The van der Waals surface area contributed by atoms with Crippen LogP contribution in [0.1, 0.15) is 6.92 Å². The fraction of sp³-hybridized carbons (Fsp3) is 0.222. The van der Waals surface area contributed by atoms with Crippen LogP contribution in [0.4, 0.5) is 16.4 Å². The second-order valence-corrected chi connectivity index (χ2v) is 6.76. The molecule has 0 saturated heterocycles. The predicted molar refractivity (Wildman–Crippen MR) is 74.1 cm³/mol. The van der Waals surface area contributed by atoms with E-state index >= 15 is 0 Å². The molecular formula is C9H11N5O4S2. The number of nitrogens with one attached hydrogen (secondary N) is 1. The van der Waals surface area contributed by atoms with Crippen LogP contribution in [-0.4, -0.2) is 23.1 Å². The lowest BCUT2D eigenvalue weighted by molar-refractivity contribution is -0.383. The van der Waals surface area contributed by atoms with Gasteiger partial charge >= 0.3 is 5.69 Å². The van der Waals surface area contributed by atoms with Gasteiger partial charge in [0.05, 0.1) is 16.8 Å². The largest absolute Gasteiger partial charge is 0.385 e. The average molecular weight is 317 g/mol. The fourth-order valence-electron chi connectivity index (χ4n) is 1.44. The minimum Gasteiger partial charge on any atom is -0.385 e. The maximum Gasteiger partial charge on any atom is 0.304 e. The molecule has 0 atom stereocenters. The van der Waals surface area contributed by atoms with E-state index in [4.69, 9.17) is 5.73 Å². The number of anilines is 2. The third-order valence-electron chi connectivity index (χ3n) is 2.39. The lowest BCUT2D eigenvalue weighted by atomic mass is 10.5. The summed E-state index contributed by atoms with van der Waals surface area (Å²) in [4.78, 5) is 9.94. The Labute approximate surface area is 118 Å². The molecule has 9 nitrogen and oxygen atoms in total. The Balaban J connectivity index is 2.30. The molecule has 3 N–H and O–H groups in total. The summed E-state index contributed by atoms with van der Waals surface area (Å²) in [5.74, 6) is 0. The van der Waals surface area contributed by atoms with Crippen molar-refractivity contribution in [1.82, 2.24) is 9.78 Å². The first-order valence-electron chi connectivity index (χ1n) is 5.42. The van der Waals surface area contributed by atoms with Crippen molar-refractivity contribution in [3.8, 4) is 0 Å². The highest BCUT2D eigenvalue weighted by Crippen LogP contribution is 2.35. The molecule has 0 aliphatic heterocycles. The zero-order valence-electron chi connectivity index (χ0n) is 10.3. The van der Waals surface area contributed by atoms with Crippen LogP contribution < -0.4 is 10.5 Å². The van der Waals surface area contributed by atoms with Gasteiger partial charge in [-0.05, 0) is 6.92 Å². The molecule has 108 valence electrons. The van der Waals surface area contributed by atoms with E-state index in [1.165, 1.54) is 12.4 Å². The van der Waals surface area contributed by atoms with Crippen LogP contribution in [0.25, 0.3) is 0 Å². The molecule has 11 heteroatoms. The Morgan fingerprint density at radius 3 is 2.80 bits per heavy atom. The van der Waals surface area contributed by atoms with E-state index in [1.54, 1.807) is 4.68 Å². The molecule has 2 aromatic heterocycles. The van der Waals surface area contributed by atoms with Crippen molar-refractivity contribution in [2.24, 2.45) is 0 Å². The van der Waals surface area contributed by atoms with Crippen molar-refractivity contribution < 1.29 is 13.3 Å². The second kappa shape index (κ2) is 5.09. The summed E-state index contributed by atoms with van der Waals surface area (Å²) in [5.41, 5.74) is 5.29. The van der Waals surface area contributed by atoms with Gasteiger partial charge in [-0.2, -0.15) is 5.10 Å². The quantitative estimate of drug-likeness (QED) is 0.630. The first-order chi connectivity index (χ1) is 9.33. The van der Waals surface area contributed by atoms with Crippen LogP contribution in [0, 0.1) is 10.1 Å². The van der Waals surface area contributed by atoms with Crippen molar-refractivity contribution in [2.45, 2.75) is 17.7 Å². The average Bonchev–Trinajstić information content (AvgIpc) is 2.95. The fourth-order valence-corrected chi connectivity index (χ4v) is 3.68. The molecule has 2 aromatic rings. The number of nitro groups is 1. The van der Waals surface area contributed by atoms with Gasteiger partial charge in [-0.3, -0.25) is 19.5 Å². The molecule has 0 unspecified atom stereocenters. The van der Waals surface area contributed by atoms with E-state index in [2.05, 4.69) is 9.82 Å². The van der Waals surface area contributed by atoms with E-state index in [0.29, 0.717) is 17.9 Å². The zero-order valence-corrected chi connectivity index (χ0v) is 11.9. The molecule has 0 aliphatic carbocycles. The first kappa shape index (κ1) is 14.3. The number of sulfonamides is 1. The lowest BCUT2D eigenvalue weighted by Crippen LogP contribution is -2.11. The maximum absolute atomic E-state index is 12.1. The summed E-state index contributed by atoms with van der Waals surface area (Å²) in [6, 6.07) is 0.937. The van der Waals surface area contributed by atoms with Gasteiger partial charge in [0.25, 0.3) is 10.0 Å². The molecule has 20 heavy (non-hydrogen) atoms. The standard InChI is InChI=1S/C9H11N5O4S2/c1-2-13-5-6(4-11-13)12-20(17,18)8-3-7(14(15)16)9(10)19-8/h3-5,12H,2,10H2,1H3. The number of aryl methyl sites for hydroxylation is 1. The van der Waals surface area contributed by atoms with Gasteiger partial charge in [0.2, 0.25) is 0 Å². The van der Waals surface area contributed by atoms with Gasteiger partial charge in [-0.25, -0.2) is 8.42 Å². The number of hydrogen-bond acceptors (Lipinski definition) is 7. The topological polar surface area (TPSA) is 133 Å². The Kier molecular flexibility index (Phi) is 3.63. The normalized spacial score (nSPS) is 11.4. The van der Waals surface area contributed by atoms with E-state index in [-0.39, 0.29) is 14.9 Å². The van der Waals surface area contributed by atoms with Crippen LogP contribution in [0.15, 0.2) is 22.7 Å². The highest BCUT2D eigenvalue weighted by molar-refractivity contribution is 7.94. The Hall–Kier alpha value is -2.14. The van der Waals surface area contributed by atoms with Gasteiger partial charge in [0.15, 0.2) is 5.00 Å². The van der Waals surface area contributed by atoms with Crippen molar-refractivity contribution in [3.05, 3.63) is 28.6 Å². The Bertz CT molecular complexity index is 748. The minimum absolute atomic E-state index is 0.153. The third-order valence-corrected chi connectivity index (χ3v) is 5.20. The second-order valence-electron chi connectivity index (χ2n) is 3.76. The van der Waals surface area contributed by atoms with Crippen LogP contribution in [0.2, 0.25) is 0 Å². The Morgan fingerprint density at radius 1 is 1.60 bits per heavy atom. The summed E-state index contributed by atoms with van der Waals surface area (Å²) in [7, 11) is -3.91. The highest BCUT2D eigenvalue weighted by atomic mass is 32.2. The third kappa shape index (κ3) is 2.72. The molecule has 0 aromatic carbocycles. The monoisotopic (exact) mass is 317 g/mol. The number of thiophene rings is 1. The van der Waals surface area contributed by atoms with Crippen LogP contribution in [-0.2, 0) is 16.6 Å². The minimum atomic E-state index is -3.91. The number of rotatable bonds is 5. The molecule has 0 spiro atoms. The zero-order chi connectivity index (χ0) is 14.9. The van der Waals surface area contributed by atoms with Crippen LogP contribution in [0.5, 0.6) is 0 Å². The van der Waals surface area contributed by atoms with Gasteiger partial charge < -0.3 is 5.73 Å². The number of nitrogen functional groups attached to an aromatic ring is 1. The smallest absolute Gasteiger partial charge is 0.304 e. The summed E-state index contributed by atoms with van der Waals surface area (Å²) in [6.07, 6.45) is 2.87. The number of hydrogen-bond donors (Lipinski definition) is 2. The van der Waals surface area contributed by atoms with Gasteiger partial charge in [0.1, 0.15) is 4.21 Å². The molecule has 2 heterocycles. The molecule has 0 bridgehead atoms. The number of aromatic nitrogens is 2. The summed E-state index contributed by atoms with van der Waals surface area (Å²) in [5, 5.41) is 14.4. The highest BCUT2D eigenvalue weighted by Gasteiger charge is 2.25. The number of nitrogens with zero attached hydrogens (tertiary/aromatic N) is 3. The molecule has 2 rings (SSSR count). The van der Waals surface area contributed by atoms with Gasteiger partial charge in [-0.15, -0.1) is 0 Å². The van der Waals surface area contributed by atoms with E-state index in [0.717, 1.165) is 6.07 Å². The predicted octanol–water partition coefficient (Wildman–Crippen LogP) is 1.26. The van der Waals surface area contributed by atoms with Gasteiger partial charge in [0, 0.05) is 18.8 Å². The van der Waals surface area contributed by atoms with Gasteiger partial charge in [-0.1, -0.05) is 11.3 Å². The maximum atomic E-state index is 12.1. The molecule has 0 amide bonds. The summed E-state index contributed by atoms with van der Waals surface area (Å²) >= 11 is 0.640. The van der Waals surface area contributed by atoms with Crippen LogP contribution in [0.3, 0.4) is 0 Å². The molecular weight excluding hydrogens is 306 g/mol. The van der Waals surface area contributed by atoms with Crippen LogP contribution >= 0.6 is 11.3 Å². The van der Waals surface area contributed by atoms with E-state index < -0.39 is 20.6 Å². The Morgan fingerprint density at radius 2 is 2.30 bits per heavy atom. The summed E-state index contributed by atoms with van der Waals surface area (Å²) < 4.78 is 27.8. The lowest BCUT2D eigenvalue weighted by Gasteiger charge is -2.01. The molecule has 0 aliphatic rings. The first-order valence-corrected chi connectivity index (χ1v) is 7.72. The molecule has 0 fully saturated rings. The summed E-state index contributed by atoms with van der Waals surface area (Å²) in [6.45, 7) is 2.45. The van der Waals surface area contributed by atoms with Crippen molar-refractivity contribution in [1.29, 1.82) is 0 Å². The van der Waals surface area contributed by atoms with Crippen molar-refractivity contribution >= 4 is 37.7 Å². The number of nitrogens with two attached hydrogens (primary N) is 1. The molecule has 0 radical (unpaired) electrons. The van der Waals surface area contributed by atoms with E-state index in [1.807, 2.05) is 6.92 Å². The van der Waals surface area contributed by atoms with Crippen molar-refractivity contribution in [3.63, 3.8) is 0 Å². The van der Waals surface area contributed by atoms with Crippen molar-refractivity contribution in [2.75, 3.05) is 10.5 Å².